The maximum Gasteiger partial charge on any atom is 0.243 e. The maximum atomic E-state index is 12.0. The van der Waals surface area contributed by atoms with Gasteiger partial charge < -0.3 is 20.5 Å². The van der Waals surface area contributed by atoms with Crippen molar-refractivity contribution in [3.63, 3.8) is 0 Å². The van der Waals surface area contributed by atoms with E-state index in [1.165, 1.54) is 7.11 Å². The zero-order valence-corrected chi connectivity index (χ0v) is 10.2. The second kappa shape index (κ2) is 7.62. The van der Waals surface area contributed by atoms with E-state index in [1.807, 2.05) is 0 Å². The van der Waals surface area contributed by atoms with Gasteiger partial charge in [-0.25, -0.2) is 4.39 Å². The maximum absolute atomic E-state index is 12.0. The van der Waals surface area contributed by atoms with E-state index in [-0.39, 0.29) is 19.1 Å². The van der Waals surface area contributed by atoms with E-state index in [1.54, 1.807) is 24.3 Å². The van der Waals surface area contributed by atoms with Crippen molar-refractivity contribution >= 4 is 11.6 Å². The number of hydrogen-bond donors (Lipinski definition) is 2. The highest BCUT2D eigenvalue weighted by atomic mass is 19.1. The molecule has 0 bridgehead atoms. The number of nitrogens with two attached hydrogens (primary N) is 1. The Balaban J connectivity index is 2.58. The zero-order chi connectivity index (χ0) is 13.4. The summed E-state index contributed by atoms with van der Waals surface area (Å²) in [5.74, 6) is 0.144. The minimum absolute atomic E-state index is 0.0133. The number of ether oxygens (including phenoxy) is 2. The Morgan fingerprint density at radius 3 is 3.00 bits per heavy atom. The van der Waals surface area contributed by atoms with Crippen molar-refractivity contribution in [2.75, 3.05) is 32.3 Å². The lowest BCUT2D eigenvalue weighted by Gasteiger charge is -2.12. The van der Waals surface area contributed by atoms with E-state index < -0.39 is 12.7 Å². The summed E-state index contributed by atoms with van der Waals surface area (Å²) in [7, 11) is 1.47. The monoisotopic (exact) mass is 256 g/mol. The molecule has 1 aromatic carbocycles. The standard InChI is InChI=1S/C12H17FN2O3/c1-17-8-11(14)12(16)15-9-3-2-4-10(7-9)18-6-5-13/h2-4,7,11H,5-6,8,14H2,1H3,(H,15,16). The van der Waals surface area contributed by atoms with Crippen LogP contribution in [0.3, 0.4) is 0 Å². The van der Waals surface area contributed by atoms with Gasteiger partial charge in [-0.2, -0.15) is 0 Å². The molecule has 1 rings (SSSR count). The average Bonchev–Trinajstić information content (AvgIpc) is 2.37. The Labute approximate surface area is 105 Å². The first kappa shape index (κ1) is 14.4. The molecule has 1 amide bonds. The predicted molar refractivity (Wildman–Crippen MR) is 66.4 cm³/mol. The summed E-state index contributed by atoms with van der Waals surface area (Å²) in [6.45, 7) is -0.431. The molecule has 0 aliphatic rings. The number of halogens is 1. The lowest BCUT2D eigenvalue weighted by Crippen LogP contribution is -2.39. The lowest BCUT2D eigenvalue weighted by atomic mass is 10.2. The number of anilines is 1. The Kier molecular flexibility index (Phi) is 6.10. The lowest BCUT2D eigenvalue weighted by molar-refractivity contribution is -0.118. The largest absolute Gasteiger partial charge is 0.491 e. The summed E-state index contributed by atoms with van der Waals surface area (Å²) >= 11 is 0. The predicted octanol–water partition coefficient (Wildman–Crippen LogP) is 0.947. The van der Waals surface area contributed by atoms with Crippen LogP contribution in [0.25, 0.3) is 0 Å². The molecular weight excluding hydrogens is 239 g/mol. The molecule has 0 aliphatic heterocycles. The molecule has 0 fully saturated rings. The molecule has 18 heavy (non-hydrogen) atoms. The van der Waals surface area contributed by atoms with Crippen molar-refractivity contribution in [3.8, 4) is 5.75 Å². The third-order valence-electron chi connectivity index (χ3n) is 2.13. The molecule has 5 nitrogen and oxygen atoms in total. The molecule has 1 aromatic rings. The van der Waals surface area contributed by atoms with Gasteiger partial charge in [0.25, 0.3) is 0 Å². The van der Waals surface area contributed by atoms with Gasteiger partial charge in [0.1, 0.15) is 25.1 Å². The fourth-order valence-electron chi connectivity index (χ4n) is 1.31. The van der Waals surface area contributed by atoms with Crippen LogP contribution in [0.4, 0.5) is 10.1 Å². The highest BCUT2D eigenvalue weighted by molar-refractivity contribution is 5.94. The molecule has 6 heteroatoms. The summed E-state index contributed by atoms with van der Waals surface area (Å²) in [4.78, 5) is 11.6. The topological polar surface area (TPSA) is 73.6 Å². The Hall–Kier alpha value is -1.66. The Morgan fingerprint density at radius 2 is 2.33 bits per heavy atom. The van der Waals surface area contributed by atoms with Crippen molar-refractivity contribution in [1.82, 2.24) is 0 Å². The number of methoxy groups -OCH3 is 1. The van der Waals surface area contributed by atoms with Crippen molar-refractivity contribution in [1.29, 1.82) is 0 Å². The van der Waals surface area contributed by atoms with Gasteiger partial charge in [-0.3, -0.25) is 4.79 Å². The third-order valence-corrected chi connectivity index (χ3v) is 2.13. The van der Waals surface area contributed by atoms with Gasteiger partial charge in [-0.15, -0.1) is 0 Å². The summed E-state index contributed by atoms with van der Waals surface area (Å²) in [6.07, 6.45) is 0. The van der Waals surface area contributed by atoms with Gasteiger partial charge >= 0.3 is 0 Å². The number of amides is 1. The number of alkyl halides is 1. The van der Waals surface area contributed by atoms with Crippen LogP contribution in [0.2, 0.25) is 0 Å². The second-order valence-corrected chi connectivity index (χ2v) is 3.62. The van der Waals surface area contributed by atoms with Gasteiger partial charge in [0.2, 0.25) is 5.91 Å². The van der Waals surface area contributed by atoms with Crippen LogP contribution in [0.1, 0.15) is 0 Å². The van der Waals surface area contributed by atoms with Gasteiger partial charge in [0.15, 0.2) is 0 Å². The van der Waals surface area contributed by atoms with E-state index in [4.69, 9.17) is 15.2 Å². The first-order valence-corrected chi connectivity index (χ1v) is 5.51. The molecule has 100 valence electrons. The fourth-order valence-corrected chi connectivity index (χ4v) is 1.31. The number of hydrogen-bond acceptors (Lipinski definition) is 4. The van der Waals surface area contributed by atoms with Crippen LogP contribution < -0.4 is 15.8 Å². The molecular formula is C12H17FN2O3. The first-order chi connectivity index (χ1) is 8.67. The SMILES string of the molecule is COCC(N)C(=O)Nc1cccc(OCCF)c1. The van der Waals surface area contributed by atoms with E-state index >= 15 is 0 Å². The Morgan fingerprint density at radius 1 is 1.56 bits per heavy atom. The smallest absolute Gasteiger partial charge is 0.243 e. The number of nitrogens with one attached hydrogen (secondary N) is 1. The van der Waals surface area contributed by atoms with Gasteiger partial charge in [-0.05, 0) is 12.1 Å². The number of benzene rings is 1. The summed E-state index contributed by atoms with van der Waals surface area (Å²) < 4.78 is 21.8. The van der Waals surface area contributed by atoms with E-state index in [0.717, 1.165) is 0 Å². The minimum Gasteiger partial charge on any atom is -0.491 e. The zero-order valence-electron chi connectivity index (χ0n) is 10.2. The van der Waals surface area contributed by atoms with E-state index in [2.05, 4.69) is 5.32 Å². The van der Waals surface area contributed by atoms with Crippen molar-refractivity contribution in [3.05, 3.63) is 24.3 Å². The van der Waals surface area contributed by atoms with Gasteiger partial charge in [0, 0.05) is 18.9 Å². The van der Waals surface area contributed by atoms with Crippen LogP contribution in [-0.4, -0.2) is 38.9 Å². The number of rotatable bonds is 7. The third kappa shape index (κ3) is 4.68. The normalized spacial score (nSPS) is 11.9. The Bertz CT molecular complexity index is 387. The molecule has 0 radical (unpaired) electrons. The molecule has 0 aliphatic carbocycles. The van der Waals surface area contributed by atoms with Crippen LogP contribution in [0.15, 0.2) is 24.3 Å². The fraction of sp³-hybridized carbons (Fsp3) is 0.417. The van der Waals surface area contributed by atoms with Crippen molar-refractivity contribution in [2.24, 2.45) is 5.73 Å². The molecule has 1 atom stereocenters. The van der Waals surface area contributed by atoms with Crippen LogP contribution in [0.5, 0.6) is 5.75 Å². The van der Waals surface area contributed by atoms with E-state index in [9.17, 15) is 9.18 Å². The van der Waals surface area contributed by atoms with E-state index in [0.29, 0.717) is 11.4 Å². The van der Waals surface area contributed by atoms with Crippen LogP contribution >= 0.6 is 0 Å². The molecule has 3 N–H and O–H groups in total. The van der Waals surface area contributed by atoms with Crippen LogP contribution in [-0.2, 0) is 9.53 Å². The van der Waals surface area contributed by atoms with Crippen LogP contribution in [0, 0.1) is 0 Å². The molecule has 0 saturated heterocycles. The molecule has 0 saturated carbocycles. The van der Waals surface area contributed by atoms with Crippen molar-refractivity contribution in [2.45, 2.75) is 6.04 Å². The molecule has 0 spiro atoms. The highest BCUT2D eigenvalue weighted by Gasteiger charge is 2.13. The molecule has 1 unspecified atom stereocenters. The number of carbonyl (C=O) groups is 1. The van der Waals surface area contributed by atoms with Gasteiger partial charge in [-0.1, -0.05) is 6.07 Å². The molecule has 0 heterocycles. The molecule has 0 aromatic heterocycles. The summed E-state index contributed by atoms with van der Waals surface area (Å²) in [6, 6.07) is 5.95. The summed E-state index contributed by atoms with van der Waals surface area (Å²) in [5.41, 5.74) is 6.12. The summed E-state index contributed by atoms with van der Waals surface area (Å²) in [5, 5.41) is 2.63. The quantitative estimate of drug-likeness (QED) is 0.761. The number of carbonyl (C=O) groups excluding carboxylic acids is 1. The minimum atomic E-state index is -0.731. The second-order valence-electron chi connectivity index (χ2n) is 3.62. The van der Waals surface area contributed by atoms with Crippen molar-refractivity contribution < 1.29 is 18.7 Å². The average molecular weight is 256 g/mol. The first-order valence-electron chi connectivity index (χ1n) is 5.51. The van der Waals surface area contributed by atoms with Gasteiger partial charge in [0.05, 0.1) is 6.61 Å². The highest BCUT2D eigenvalue weighted by Crippen LogP contribution is 2.17.